The first-order valence-electron chi connectivity index (χ1n) is 7.10. The number of nitrogens with two attached hydrogens (primary N) is 1. The van der Waals surface area contributed by atoms with Crippen LogP contribution in [-0.4, -0.2) is 31.1 Å². The fraction of sp³-hybridized carbons (Fsp3) is 0.933. The Morgan fingerprint density at radius 3 is 2.22 bits per heavy atom. The van der Waals surface area contributed by atoms with Gasteiger partial charge in [-0.2, -0.15) is 5.26 Å². The molecule has 0 saturated heterocycles. The molecule has 0 amide bonds. The molecule has 0 aliphatic heterocycles. The van der Waals surface area contributed by atoms with Crippen molar-refractivity contribution in [1.29, 1.82) is 5.26 Å². The zero-order valence-corrected chi connectivity index (χ0v) is 12.9. The summed E-state index contributed by atoms with van der Waals surface area (Å²) >= 11 is 0. The Morgan fingerprint density at radius 1 is 1.17 bits per heavy atom. The molecule has 0 atom stereocenters. The molecule has 0 aliphatic rings. The first-order valence-corrected chi connectivity index (χ1v) is 7.10. The number of nitrogens with zero attached hydrogens (tertiary/aromatic N) is 2. The molecule has 0 aliphatic carbocycles. The highest BCUT2D eigenvalue weighted by molar-refractivity contribution is 4.91. The van der Waals surface area contributed by atoms with Gasteiger partial charge in [0, 0.05) is 6.54 Å². The first kappa shape index (κ1) is 17.4. The van der Waals surface area contributed by atoms with Crippen LogP contribution in [0.1, 0.15) is 53.9 Å². The van der Waals surface area contributed by atoms with Crippen LogP contribution in [0.5, 0.6) is 0 Å². The summed E-state index contributed by atoms with van der Waals surface area (Å²) in [6.45, 7) is 14.6. The van der Waals surface area contributed by atoms with Crippen molar-refractivity contribution in [2.75, 3.05) is 26.2 Å². The van der Waals surface area contributed by atoms with Gasteiger partial charge in [0.25, 0.3) is 0 Å². The van der Waals surface area contributed by atoms with Crippen molar-refractivity contribution in [1.82, 2.24) is 4.90 Å². The number of nitriles is 1. The fourth-order valence-electron chi connectivity index (χ4n) is 1.98. The summed E-state index contributed by atoms with van der Waals surface area (Å²) in [6, 6.07) is 2.36. The third kappa shape index (κ3) is 7.68. The molecule has 3 nitrogen and oxygen atoms in total. The number of unbranched alkanes of at least 4 members (excludes halogenated alkanes) is 1. The zero-order valence-electron chi connectivity index (χ0n) is 12.9. The van der Waals surface area contributed by atoms with Gasteiger partial charge in [-0.1, -0.05) is 27.2 Å². The maximum Gasteiger partial charge on any atom is 0.0683 e. The van der Waals surface area contributed by atoms with Crippen molar-refractivity contribution >= 4 is 0 Å². The molecule has 0 fully saturated rings. The average molecular weight is 253 g/mol. The Labute approximate surface area is 113 Å². The van der Waals surface area contributed by atoms with Gasteiger partial charge < -0.3 is 10.6 Å². The summed E-state index contributed by atoms with van der Waals surface area (Å²) in [5, 5.41) is 8.96. The maximum atomic E-state index is 8.96. The van der Waals surface area contributed by atoms with Gasteiger partial charge in [-0.05, 0) is 51.7 Å². The smallest absolute Gasteiger partial charge is 0.0683 e. The van der Waals surface area contributed by atoms with E-state index in [2.05, 4.69) is 31.7 Å². The van der Waals surface area contributed by atoms with E-state index in [4.69, 9.17) is 11.0 Å². The molecule has 0 heterocycles. The lowest BCUT2D eigenvalue weighted by Gasteiger charge is -2.31. The first-order chi connectivity index (χ1) is 8.26. The fourth-order valence-corrected chi connectivity index (χ4v) is 1.98. The summed E-state index contributed by atoms with van der Waals surface area (Å²) < 4.78 is 0. The molecular formula is C15H31N3. The highest BCUT2D eigenvalue weighted by atomic mass is 15.1. The van der Waals surface area contributed by atoms with E-state index >= 15 is 0 Å². The molecule has 106 valence electrons. The standard InChI is InChI=1S/C15H31N3/c1-6-18(13-15(4,5)12-17)10-8-7-9-14(2,3)11-16/h6-10,12-13,17H2,1-5H3. The molecule has 3 heteroatoms. The van der Waals surface area contributed by atoms with Crippen molar-refractivity contribution < 1.29 is 0 Å². The van der Waals surface area contributed by atoms with Gasteiger partial charge in [-0.15, -0.1) is 0 Å². The van der Waals surface area contributed by atoms with E-state index in [1.54, 1.807) is 0 Å². The Hall–Kier alpha value is -0.590. The monoisotopic (exact) mass is 253 g/mol. The van der Waals surface area contributed by atoms with Gasteiger partial charge in [0.1, 0.15) is 0 Å². The van der Waals surface area contributed by atoms with Gasteiger partial charge in [-0.25, -0.2) is 0 Å². The Morgan fingerprint density at radius 2 is 1.78 bits per heavy atom. The SMILES string of the molecule is CCN(CCCCC(C)(C)C#N)CC(C)(C)CN. The third-order valence-corrected chi connectivity index (χ3v) is 3.48. The minimum atomic E-state index is -0.173. The lowest BCUT2D eigenvalue weighted by atomic mass is 9.89. The molecule has 0 aromatic heterocycles. The van der Waals surface area contributed by atoms with E-state index in [1.165, 1.54) is 6.42 Å². The second-order valence-corrected chi connectivity index (χ2v) is 6.69. The van der Waals surface area contributed by atoms with Crippen LogP contribution in [0.15, 0.2) is 0 Å². The second-order valence-electron chi connectivity index (χ2n) is 6.69. The summed E-state index contributed by atoms with van der Waals surface area (Å²) in [4.78, 5) is 2.46. The second kappa shape index (κ2) is 7.76. The van der Waals surface area contributed by atoms with Gasteiger partial charge in [0.2, 0.25) is 0 Å². The Balaban J connectivity index is 3.93. The van der Waals surface area contributed by atoms with E-state index in [0.717, 1.165) is 39.0 Å². The molecule has 0 spiro atoms. The number of rotatable bonds is 9. The topological polar surface area (TPSA) is 53.0 Å². The number of hydrogen-bond donors (Lipinski definition) is 1. The van der Waals surface area contributed by atoms with Crippen LogP contribution in [0.3, 0.4) is 0 Å². The lowest BCUT2D eigenvalue weighted by Crippen LogP contribution is -2.39. The normalized spacial score (nSPS) is 12.8. The van der Waals surface area contributed by atoms with Gasteiger partial charge in [0.05, 0.1) is 11.5 Å². The molecule has 0 aromatic carbocycles. The van der Waals surface area contributed by atoms with E-state index in [-0.39, 0.29) is 10.8 Å². The number of hydrogen-bond acceptors (Lipinski definition) is 3. The molecule has 0 rings (SSSR count). The van der Waals surface area contributed by atoms with Crippen molar-refractivity contribution in [3.63, 3.8) is 0 Å². The predicted molar refractivity (Wildman–Crippen MR) is 78.2 cm³/mol. The van der Waals surface area contributed by atoms with Crippen molar-refractivity contribution in [2.45, 2.75) is 53.9 Å². The highest BCUT2D eigenvalue weighted by Gasteiger charge is 2.20. The molecule has 0 aromatic rings. The van der Waals surface area contributed by atoms with Crippen LogP contribution in [0.25, 0.3) is 0 Å². The maximum absolute atomic E-state index is 8.96. The van der Waals surface area contributed by atoms with Crippen molar-refractivity contribution in [3.8, 4) is 6.07 Å². The van der Waals surface area contributed by atoms with Crippen LogP contribution in [-0.2, 0) is 0 Å². The summed E-state index contributed by atoms with van der Waals surface area (Å²) in [5.41, 5.74) is 5.80. The molecule has 0 unspecified atom stereocenters. The third-order valence-electron chi connectivity index (χ3n) is 3.48. The summed E-state index contributed by atoms with van der Waals surface area (Å²) in [7, 11) is 0. The van der Waals surface area contributed by atoms with E-state index in [9.17, 15) is 0 Å². The lowest BCUT2D eigenvalue weighted by molar-refractivity contribution is 0.185. The van der Waals surface area contributed by atoms with Crippen LogP contribution < -0.4 is 5.73 Å². The quantitative estimate of drug-likeness (QED) is 0.643. The minimum Gasteiger partial charge on any atom is -0.330 e. The van der Waals surface area contributed by atoms with Crippen molar-refractivity contribution in [3.05, 3.63) is 0 Å². The van der Waals surface area contributed by atoms with Crippen molar-refractivity contribution in [2.24, 2.45) is 16.6 Å². The van der Waals surface area contributed by atoms with Gasteiger partial charge in [0.15, 0.2) is 0 Å². The van der Waals surface area contributed by atoms with E-state index in [0.29, 0.717) is 0 Å². The molecule has 18 heavy (non-hydrogen) atoms. The Kier molecular flexibility index (Phi) is 7.51. The summed E-state index contributed by atoms with van der Waals surface area (Å²) in [6.07, 6.45) is 3.28. The van der Waals surface area contributed by atoms with E-state index < -0.39 is 0 Å². The zero-order chi connectivity index (χ0) is 14.2. The molecular weight excluding hydrogens is 222 g/mol. The van der Waals surface area contributed by atoms with Gasteiger partial charge >= 0.3 is 0 Å². The highest BCUT2D eigenvalue weighted by Crippen LogP contribution is 2.22. The average Bonchev–Trinajstić information content (AvgIpc) is 2.33. The van der Waals surface area contributed by atoms with Gasteiger partial charge in [-0.3, -0.25) is 0 Å². The largest absolute Gasteiger partial charge is 0.330 e. The predicted octanol–water partition coefficient (Wildman–Crippen LogP) is 3.01. The van der Waals surface area contributed by atoms with E-state index in [1.807, 2.05) is 13.8 Å². The summed E-state index contributed by atoms with van der Waals surface area (Å²) in [5.74, 6) is 0. The van der Waals surface area contributed by atoms with Crippen LogP contribution in [0.4, 0.5) is 0 Å². The Bertz CT molecular complexity index is 263. The van der Waals surface area contributed by atoms with Crippen LogP contribution >= 0.6 is 0 Å². The minimum absolute atomic E-state index is 0.173. The molecule has 2 N–H and O–H groups in total. The van der Waals surface area contributed by atoms with Crippen LogP contribution in [0.2, 0.25) is 0 Å². The molecule has 0 radical (unpaired) electrons. The molecule has 0 bridgehead atoms. The molecule has 0 saturated carbocycles. The van der Waals surface area contributed by atoms with Crippen LogP contribution in [0, 0.1) is 22.2 Å².